The Kier molecular flexibility index (Phi) is 3.81. The van der Waals surface area contributed by atoms with E-state index < -0.39 is 0 Å². The topological polar surface area (TPSA) is 6.48 Å². The lowest BCUT2D eigenvalue weighted by Crippen LogP contribution is -2.55. The average molecular weight is 327 g/mol. The zero-order valence-corrected chi connectivity index (χ0v) is 12.9. The molecule has 0 bridgehead atoms. The molecule has 0 aliphatic carbocycles. The van der Waals surface area contributed by atoms with E-state index in [1.54, 1.807) is 6.07 Å². The highest BCUT2D eigenvalue weighted by Crippen LogP contribution is 2.30. The van der Waals surface area contributed by atoms with Crippen LogP contribution in [0.1, 0.15) is 24.8 Å². The number of hydrogen-bond acceptors (Lipinski definition) is 2. The van der Waals surface area contributed by atoms with Crippen molar-refractivity contribution in [3.05, 3.63) is 28.0 Å². The highest BCUT2D eigenvalue weighted by Gasteiger charge is 2.29. The standard InChI is InChI=1S/C15H20BrFN2/c1-11-8-14(17)13(16)9-15(11)19-7-6-18-5-3-2-4-12(18)10-19/h8-9,12H,2-7,10H2,1H3. The van der Waals surface area contributed by atoms with Gasteiger partial charge in [0.15, 0.2) is 0 Å². The number of hydrogen-bond donors (Lipinski definition) is 0. The monoisotopic (exact) mass is 326 g/mol. The minimum atomic E-state index is -0.169. The Bertz CT molecular complexity index is 477. The van der Waals surface area contributed by atoms with Gasteiger partial charge in [-0.1, -0.05) is 6.42 Å². The third-order valence-corrected chi connectivity index (χ3v) is 5.02. The van der Waals surface area contributed by atoms with Crippen molar-refractivity contribution in [1.29, 1.82) is 0 Å². The number of rotatable bonds is 1. The molecule has 0 amide bonds. The Labute approximate surface area is 122 Å². The van der Waals surface area contributed by atoms with Gasteiger partial charge >= 0.3 is 0 Å². The summed E-state index contributed by atoms with van der Waals surface area (Å²) in [6, 6.07) is 4.25. The van der Waals surface area contributed by atoms with Crippen molar-refractivity contribution in [3.63, 3.8) is 0 Å². The van der Waals surface area contributed by atoms with Crippen molar-refractivity contribution < 1.29 is 4.39 Å². The smallest absolute Gasteiger partial charge is 0.137 e. The number of anilines is 1. The maximum Gasteiger partial charge on any atom is 0.137 e. The summed E-state index contributed by atoms with van der Waals surface area (Å²) in [6.07, 6.45) is 4.00. The molecular formula is C15H20BrFN2. The summed E-state index contributed by atoms with van der Waals surface area (Å²) >= 11 is 3.30. The van der Waals surface area contributed by atoms with Gasteiger partial charge in [0, 0.05) is 31.4 Å². The number of benzene rings is 1. The van der Waals surface area contributed by atoms with Gasteiger partial charge < -0.3 is 4.90 Å². The van der Waals surface area contributed by atoms with Gasteiger partial charge in [-0.05, 0) is 59.9 Å². The lowest BCUT2D eigenvalue weighted by Gasteiger charge is -2.45. The lowest BCUT2D eigenvalue weighted by molar-refractivity contribution is 0.133. The highest BCUT2D eigenvalue weighted by molar-refractivity contribution is 9.10. The normalized spacial score (nSPS) is 24.4. The molecule has 3 rings (SSSR count). The molecule has 4 heteroatoms. The second-order valence-corrected chi connectivity index (χ2v) is 6.54. The molecule has 2 aliphatic heterocycles. The maximum atomic E-state index is 13.5. The Morgan fingerprint density at radius 1 is 1.21 bits per heavy atom. The zero-order chi connectivity index (χ0) is 13.4. The molecule has 2 saturated heterocycles. The van der Waals surface area contributed by atoms with E-state index in [4.69, 9.17) is 0 Å². The summed E-state index contributed by atoms with van der Waals surface area (Å²) in [5.74, 6) is -0.169. The second-order valence-electron chi connectivity index (χ2n) is 5.68. The van der Waals surface area contributed by atoms with Gasteiger partial charge in [-0.15, -0.1) is 0 Å². The lowest BCUT2D eigenvalue weighted by atomic mass is 9.99. The van der Waals surface area contributed by atoms with Crippen LogP contribution in [-0.2, 0) is 0 Å². The molecule has 1 aromatic rings. The van der Waals surface area contributed by atoms with Crippen LogP contribution in [0.4, 0.5) is 10.1 Å². The molecule has 1 unspecified atom stereocenters. The first-order valence-electron chi connectivity index (χ1n) is 7.10. The summed E-state index contributed by atoms with van der Waals surface area (Å²) in [7, 11) is 0. The van der Waals surface area contributed by atoms with Crippen LogP contribution in [0.25, 0.3) is 0 Å². The predicted molar refractivity (Wildman–Crippen MR) is 80.3 cm³/mol. The molecular weight excluding hydrogens is 307 g/mol. The molecule has 1 aromatic carbocycles. The fraction of sp³-hybridized carbons (Fsp3) is 0.600. The van der Waals surface area contributed by atoms with Crippen molar-refractivity contribution in [1.82, 2.24) is 4.90 Å². The van der Waals surface area contributed by atoms with E-state index in [0.29, 0.717) is 10.5 Å². The second kappa shape index (κ2) is 5.41. The third-order valence-electron chi connectivity index (χ3n) is 4.42. The minimum absolute atomic E-state index is 0.169. The Balaban J connectivity index is 1.81. The van der Waals surface area contributed by atoms with Gasteiger partial charge in [0.05, 0.1) is 4.47 Å². The van der Waals surface area contributed by atoms with E-state index in [0.717, 1.165) is 25.2 Å². The van der Waals surface area contributed by atoms with Gasteiger partial charge in [-0.2, -0.15) is 0 Å². The van der Waals surface area contributed by atoms with E-state index in [1.807, 2.05) is 13.0 Å². The van der Waals surface area contributed by atoms with Gasteiger partial charge in [0.2, 0.25) is 0 Å². The van der Waals surface area contributed by atoms with Crippen molar-refractivity contribution in [2.24, 2.45) is 0 Å². The van der Waals surface area contributed by atoms with E-state index in [1.165, 1.54) is 31.5 Å². The molecule has 0 spiro atoms. The Hall–Kier alpha value is -0.610. The van der Waals surface area contributed by atoms with Crippen LogP contribution in [0.15, 0.2) is 16.6 Å². The molecule has 1 atom stereocenters. The molecule has 2 heterocycles. The van der Waals surface area contributed by atoms with Crippen molar-refractivity contribution in [2.45, 2.75) is 32.2 Å². The van der Waals surface area contributed by atoms with Crippen LogP contribution in [-0.4, -0.2) is 37.1 Å². The number of nitrogens with zero attached hydrogens (tertiary/aromatic N) is 2. The fourth-order valence-electron chi connectivity index (χ4n) is 3.35. The average Bonchev–Trinajstić information content (AvgIpc) is 2.42. The number of aryl methyl sites for hydroxylation is 1. The number of piperidine rings is 1. The SMILES string of the molecule is Cc1cc(F)c(Br)cc1N1CCN2CCCCC2C1. The number of halogens is 2. The van der Waals surface area contributed by atoms with Gasteiger partial charge in [-0.3, -0.25) is 4.90 Å². The van der Waals surface area contributed by atoms with Gasteiger partial charge in [-0.25, -0.2) is 4.39 Å². The predicted octanol–water partition coefficient (Wildman–Crippen LogP) is 3.57. The van der Waals surface area contributed by atoms with Crippen LogP contribution in [0.2, 0.25) is 0 Å². The van der Waals surface area contributed by atoms with Crippen molar-refractivity contribution in [3.8, 4) is 0 Å². The van der Waals surface area contributed by atoms with E-state index >= 15 is 0 Å². The van der Waals surface area contributed by atoms with Crippen molar-refractivity contribution >= 4 is 21.6 Å². The first-order chi connectivity index (χ1) is 9.15. The molecule has 2 nitrogen and oxygen atoms in total. The quantitative estimate of drug-likeness (QED) is 0.778. The molecule has 0 aromatic heterocycles. The molecule has 2 fully saturated rings. The van der Waals surface area contributed by atoms with Crippen molar-refractivity contribution in [2.75, 3.05) is 31.1 Å². The fourth-order valence-corrected chi connectivity index (χ4v) is 3.68. The Morgan fingerprint density at radius 2 is 2.05 bits per heavy atom. The third kappa shape index (κ3) is 2.65. The Morgan fingerprint density at radius 3 is 2.89 bits per heavy atom. The van der Waals surface area contributed by atoms with E-state index in [-0.39, 0.29) is 5.82 Å². The van der Waals surface area contributed by atoms with Crippen LogP contribution in [0, 0.1) is 12.7 Å². The van der Waals surface area contributed by atoms with Crippen LogP contribution in [0.3, 0.4) is 0 Å². The van der Waals surface area contributed by atoms with Gasteiger partial charge in [0.25, 0.3) is 0 Å². The van der Waals surface area contributed by atoms with Crippen LogP contribution >= 0.6 is 15.9 Å². The first-order valence-corrected chi connectivity index (χ1v) is 7.89. The number of fused-ring (bicyclic) bond motifs is 1. The molecule has 2 aliphatic rings. The summed E-state index contributed by atoms with van der Waals surface area (Å²) in [6.45, 7) is 6.52. The summed E-state index contributed by atoms with van der Waals surface area (Å²) < 4.78 is 14.1. The first kappa shape index (κ1) is 13.4. The molecule has 0 radical (unpaired) electrons. The minimum Gasteiger partial charge on any atom is -0.368 e. The zero-order valence-electron chi connectivity index (χ0n) is 11.3. The highest BCUT2D eigenvalue weighted by atomic mass is 79.9. The van der Waals surface area contributed by atoms with Crippen LogP contribution in [0.5, 0.6) is 0 Å². The maximum absolute atomic E-state index is 13.5. The van der Waals surface area contributed by atoms with E-state index in [9.17, 15) is 4.39 Å². The summed E-state index contributed by atoms with van der Waals surface area (Å²) in [4.78, 5) is 5.04. The molecule has 104 valence electrons. The summed E-state index contributed by atoms with van der Waals surface area (Å²) in [5, 5.41) is 0. The van der Waals surface area contributed by atoms with Gasteiger partial charge in [0.1, 0.15) is 5.82 Å². The molecule has 19 heavy (non-hydrogen) atoms. The largest absolute Gasteiger partial charge is 0.368 e. The molecule has 0 N–H and O–H groups in total. The molecule has 0 saturated carbocycles. The summed E-state index contributed by atoms with van der Waals surface area (Å²) in [5.41, 5.74) is 2.21. The number of piperazine rings is 1. The van der Waals surface area contributed by atoms with E-state index in [2.05, 4.69) is 25.7 Å². The van der Waals surface area contributed by atoms with Crippen LogP contribution < -0.4 is 4.90 Å².